The molecule has 5 heavy (non-hydrogen) atoms. The fourth-order valence-electron chi connectivity index (χ4n) is 0.118. The van der Waals surface area contributed by atoms with Crippen molar-refractivity contribution in [2.75, 3.05) is 0 Å². The zero-order valence-electron chi connectivity index (χ0n) is 3.28. The lowest BCUT2D eigenvalue weighted by atomic mass is 10.4. The highest BCUT2D eigenvalue weighted by molar-refractivity contribution is 5.49. The summed E-state index contributed by atoms with van der Waals surface area (Å²) >= 11 is 0. The van der Waals surface area contributed by atoms with Crippen molar-refractivity contribution < 1.29 is 5.41 Å². The van der Waals surface area contributed by atoms with Crippen LogP contribution >= 0.6 is 0 Å². The van der Waals surface area contributed by atoms with Crippen LogP contribution < -0.4 is 5.41 Å². The third-order valence-corrected chi connectivity index (χ3v) is 0.371. The van der Waals surface area contributed by atoms with Gasteiger partial charge in [0.25, 0.3) is 0 Å². The van der Waals surface area contributed by atoms with E-state index in [0.29, 0.717) is 0 Å². The fraction of sp³-hybridized carbons (Fsp3) is 0.500. The molecule has 0 aliphatic heterocycles. The molecule has 0 aromatic carbocycles. The van der Waals surface area contributed by atoms with Gasteiger partial charge in [-0.1, -0.05) is 0 Å². The first-order chi connectivity index (χ1) is 2.41. The van der Waals surface area contributed by atoms with Gasteiger partial charge in [-0.25, -0.2) is 0 Å². The summed E-state index contributed by atoms with van der Waals surface area (Å²) in [4.78, 5) is 0. The van der Waals surface area contributed by atoms with Gasteiger partial charge in [-0.3, -0.25) is 5.41 Å². The van der Waals surface area contributed by atoms with Gasteiger partial charge in [-0.2, -0.15) is 6.42 Å². The number of rotatable bonds is 2. The zero-order valence-corrected chi connectivity index (χ0v) is 3.28. The molecular weight excluding hydrogens is 62.1 g/mol. The monoisotopic (exact) mass is 71.1 g/mol. The summed E-state index contributed by atoms with van der Waals surface area (Å²) in [6.45, 7) is 3.56. The fourth-order valence-corrected chi connectivity index (χ4v) is 0.118. The Morgan fingerprint density at radius 3 is 2.40 bits per heavy atom. The molecule has 0 bridgehead atoms. The number of hydrogen-bond donors (Lipinski definition) is 1. The second-order valence-electron chi connectivity index (χ2n) is 0.878. The van der Waals surface area contributed by atoms with Crippen molar-refractivity contribution in [3.63, 3.8) is 0 Å². The van der Waals surface area contributed by atoms with Gasteiger partial charge in [0.15, 0.2) is 0 Å². The van der Waals surface area contributed by atoms with Crippen molar-refractivity contribution >= 4 is 6.21 Å². The van der Waals surface area contributed by atoms with Crippen LogP contribution in [-0.4, -0.2) is 6.21 Å². The molecule has 1 nitrogen and oxygen atoms in total. The summed E-state index contributed by atoms with van der Waals surface area (Å²) in [6, 6.07) is 0. The Morgan fingerprint density at radius 1 is 1.80 bits per heavy atom. The van der Waals surface area contributed by atoms with E-state index in [1.165, 1.54) is 0 Å². The Kier molecular flexibility index (Phi) is 3.43. The van der Waals surface area contributed by atoms with Crippen LogP contribution in [0.1, 0.15) is 12.8 Å². The maximum atomic E-state index is 4.97. The summed E-state index contributed by atoms with van der Waals surface area (Å²) in [7, 11) is 0. The van der Waals surface area contributed by atoms with Crippen molar-refractivity contribution in [2.24, 2.45) is 0 Å². The Bertz CT molecular complexity index is 24.8. The predicted octanol–water partition coefficient (Wildman–Crippen LogP) is -0.569. The lowest BCUT2D eigenvalue weighted by molar-refractivity contribution is -0.107. The van der Waals surface area contributed by atoms with Crippen LogP contribution in [0.2, 0.25) is 0 Å². The molecule has 1 heteroatoms. The van der Waals surface area contributed by atoms with Gasteiger partial charge in [0, 0.05) is 0 Å². The molecule has 2 N–H and O–H groups in total. The molecule has 0 radical (unpaired) electrons. The van der Waals surface area contributed by atoms with Gasteiger partial charge in [-0.05, 0) is 6.42 Å². The minimum Gasteiger partial charge on any atom is -0.343 e. The molecule has 0 saturated heterocycles. The second-order valence-corrected chi connectivity index (χ2v) is 0.878. The molecule has 0 aliphatic rings. The summed E-state index contributed by atoms with van der Waals surface area (Å²) in [5.41, 5.74) is 0. The molecular formula is C4H9N. The summed E-state index contributed by atoms with van der Waals surface area (Å²) < 4.78 is 0. The second kappa shape index (κ2) is 3.67. The standard InChI is InChI=1S/C4H8N/c1-2-3-4-5/h4-5H,1-3H2/q-1/p+1. The van der Waals surface area contributed by atoms with Gasteiger partial charge in [0.2, 0.25) is 0 Å². The number of unbranched alkanes of at least 4 members (excludes halogenated alkanes) is 1. The largest absolute Gasteiger partial charge is 0.343 e. The highest BCUT2D eigenvalue weighted by Crippen LogP contribution is 1.72. The minimum absolute atomic E-state index is 0.913. The molecule has 0 aliphatic carbocycles. The van der Waals surface area contributed by atoms with E-state index in [1.807, 2.05) is 0 Å². The van der Waals surface area contributed by atoms with Crippen molar-refractivity contribution in [1.29, 1.82) is 0 Å². The molecule has 0 rings (SSSR count). The molecule has 0 aromatic rings. The van der Waals surface area contributed by atoms with Crippen LogP contribution in [0.4, 0.5) is 0 Å². The normalized spacial score (nSPS) is 7.40. The topological polar surface area (TPSA) is 25.6 Å². The van der Waals surface area contributed by atoms with E-state index in [0.717, 1.165) is 12.8 Å². The predicted molar refractivity (Wildman–Crippen MR) is 22.6 cm³/mol. The van der Waals surface area contributed by atoms with E-state index in [9.17, 15) is 0 Å². The molecule has 0 heterocycles. The van der Waals surface area contributed by atoms with Crippen molar-refractivity contribution in [3.05, 3.63) is 6.92 Å². The average molecular weight is 71.1 g/mol. The highest BCUT2D eigenvalue weighted by Gasteiger charge is 1.61. The van der Waals surface area contributed by atoms with Crippen molar-refractivity contribution in [2.45, 2.75) is 12.8 Å². The van der Waals surface area contributed by atoms with E-state index >= 15 is 0 Å². The number of hydrogen-bond acceptors (Lipinski definition) is 0. The van der Waals surface area contributed by atoms with Crippen LogP contribution in [0.25, 0.3) is 0 Å². The van der Waals surface area contributed by atoms with Crippen LogP contribution in [0.3, 0.4) is 0 Å². The molecule has 0 spiro atoms. The van der Waals surface area contributed by atoms with Crippen LogP contribution in [-0.2, 0) is 0 Å². The summed E-state index contributed by atoms with van der Waals surface area (Å²) in [5.74, 6) is 0. The van der Waals surface area contributed by atoms with Crippen LogP contribution in [0.5, 0.6) is 0 Å². The molecule has 0 atom stereocenters. The Balaban J connectivity index is 2.40. The lowest BCUT2D eigenvalue weighted by Gasteiger charge is -1.76. The first-order valence-corrected chi connectivity index (χ1v) is 1.74. The molecule has 0 aromatic heterocycles. The maximum absolute atomic E-state index is 4.97. The minimum atomic E-state index is 0.913. The first kappa shape index (κ1) is 4.67. The van der Waals surface area contributed by atoms with Gasteiger partial charge >= 0.3 is 0 Å². The smallest absolute Gasteiger partial charge is 0.133 e. The molecule has 0 amide bonds. The van der Waals surface area contributed by atoms with Gasteiger partial charge in [-0.15, -0.1) is 0 Å². The Hall–Kier alpha value is -0.330. The van der Waals surface area contributed by atoms with E-state index in [1.54, 1.807) is 6.21 Å². The molecule has 0 saturated carbocycles. The number of nitrogens with two attached hydrogens (primary N) is 1. The third kappa shape index (κ3) is 3.67. The molecule has 0 fully saturated rings. The van der Waals surface area contributed by atoms with Gasteiger partial charge in [0.1, 0.15) is 6.21 Å². The van der Waals surface area contributed by atoms with Crippen LogP contribution in [0, 0.1) is 6.92 Å². The van der Waals surface area contributed by atoms with Gasteiger partial charge < -0.3 is 6.92 Å². The average Bonchev–Trinajstić information content (AvgIpc) is 1.41. The van der Waals surface area contributed by atoms with Crippen molar-refractivity contribution in [3.8, 4) is 0 Å². The summed E-state index contributed by atoms with van der Waals surface area (Å²) in [5, 5.41) is 4.97. The summed E-state index contributed by atoms with van der Waals surface area (Å²) in [6.07, 6.45) is 3.46. The lowest BCUT2D eigenvalue weighted by Crippen LogP contribution is -2.29. The highest BCUT2D eigenvalue weighted by atomic mass is 14.3. The van der Waals surface area contributed by atoms with Crippen molar-refractivity contribution in [1.82, 2.24) is 0 Å². The quantitative estimate of drug-likeness (QED) is 0.333. The van der Waals surface area contributed by atoms with E-state index < -0.39 is 0 Å². The maximum Gasteiger partial charge on any atom is 0.133 e. The van der Waals surface area contributed by atoms with E-state index in [-0.39, 0.29) is 0 Å². The van der Waals surface area contributed by atoms with E-state index in [2.05, 4.69) is 6.92 Å². The van der Waals surface area contributed by atoms with Crippen LogP contribution in [0.15, 0.2) is 0 Å². The Morgan fingerprint density at radius 2 is 2.40 bits per heavy atom. The molecule has 30 valence electrons. The third-order valence-electron chi connectivity index (χ3n) is 0.371. The SMILES string of the molecule is [CH2-]CCC=[NH2+]. The zero-order chi connectivity index (χ0) is 4.12. The van der Waals surface area contributed by atoms with Gasteiger partial charge in [0.05, 0.1) is 0 Å². The van der Waals surface area contributed by atoms with E-state index in [4.69, 9.17) is 5.41 Å². The molecule has 0 unspecified atom stereocenters. The Labute approximate surface area is 32.5 Å². The first-order valence-electron chi connectivity index (χ1n) is 1.74.